The Kier molecular flexibility index (Phi) is 6.44. The van der Waals surface area contributed by atoms with Gasteiger partial charge in [0.2, 0.25) is 0 Å². The molecule has 1 amide bonds. The average Bonchev–Trinajstić information content (AvgIpc) is 2.73. The average molecular weight is 392 g/mol. The number of esters is 1. The van der Waals surface area contributed by atoms with Gasteiger partial charge in [0.25, 0.3) is 5.91 Å². The molecule has 6 nitrogen and oxygen atoms in total. The Morgan fingerprint density at radius 2 is 1.76 bits per heavy atom. The molecule has 0 bridgehead atoms. The zero-order valence-corrected chi connectivity index (χ0v) is 16.8. The number of ether oxygens (including phenoxy) is 2. The minimum atomic E-state index is -0.542. The molecule has 1 aromatic heterocycles. The number of hydrogen-bond acceptors (Lipinski definition) is 5. The highest BCUT2D eigenvalue weighted by molar-refractivity contribution is 6.00. The lowest BCUT2D eigenvalue weighted by Crippen LogP contribution is -2.22. The maximum absolute atomic E-state index is 12.7. The van der Waals surface area contributed by atoms with Gasteiger partial charge in [0.15, 0.2) is 6.61 Å². The molecule has 1 N–H and O–H groups in total. The molecule has 0 fully saturated rings. The maximum atomic E-state index is 12.7. The minimum Gasteiger partial charge on any atom is -0.494 e. The fourth-order valence-corrected chi connectivity index (χ4v) is 3.17. The summed E-state index contributed by atoms with van der Waals surface area (Å²) in [7, 11) is 0. The first-order valence-electron chi connectivity index (χ1n) is 9.61. The van der Waals surface area contributed by atoms with Gasteiger partial charge in [-0.3, -0.25) is 9.78 Å². The number of carbonyl (C=O) groups excluding carboxylic acids is 2. The van der Waals surface area contributed by atoms with Crippen LogP contribution < -0.4 is 10.1 Å². The van der Waals surface area contributed by atoms with Gasteiger partial charge in [-0.05, 0) is 56.2 Å². The number of rotatable bonds is 7. The van der Waals surface area contributed by atoms with Crippen molar-refractivity contribution in [3.63, 3.8) is 0 Å². The number of amides is 1. The van der Waals surface area contributed by atoms with Gasteiger partial charge in [-0.15, -0.1) is 0 Å². The standard InChI is InChI=1S/C23H24N2O4/c1-4-19-22(15(3)18-8-6-7-9-20(18)25-19)23(27)29-14-21(26)24-16-10-12-17(13-11-16)28-5-2/h6-13H,4-5,14H2,1-3H3,(H,24,26). The van der Waals surface area contributed by atoms with Crippen molar-refractivity contribution in [2.24, 2.45) is 0 Å². The number of nitrogens with one attached hydrogen (secondary N) is 1. The van der Waals surface area contributed by atoms with Crippen LogP contribution in [-0.4, -0.2) is 30.1 Å². The number of hydrogen-bond donors (Lipinski definition) is 1. The Morgan fingerprint density at radius 3 is 2.45 bits per heavy atom. The third kappa shape index (κ3) is 4.71. The summed E-state index contributed by atoms with van der Waals surface area (Å²) in [6, 6.07) is 14.7. The number of para-hydroxylation sites is 1. The van der Waals surface area contributed by atoms with Gasteiger partial charge in [0.05, 0.1) is 23.4 Å². The Hall–Kier alpha value is -3.41. The quantitative estimate of drug-likeness (QED) is 0.607. The van der Waals surface area contributed by atoms with E-state index >= 15 is 0 Å². The largest absolute Gasteiger partial charge is 0.494 e. The molecule has 6 heteroatoms. The van der Waals surface area contributed by atoms with Crippen LogP contribution in [0.2, 0.25) is 0 Å². The van der Waals surface area contributed by atoms with Gasteiger partial charge in [-0.25, -0.2) is 4.79 Å². The molecule has 0 unspecified atom stereocenters. The molecule has 3 rings (SSSR count). The second-order valence-corrected chi connectivity index (χ2v) is 6.51. The number of benzene rings is 2. The molecular weight excluding hydrogens is 368 g/mol. The van der Waals surface area contributed by atoms with Crippen molar-refractivity contribution >= 4 is 28.5 Å². The van der Waals surface area contributed by atoms with E-state index in [9.17, 15) is 9.59 Å². The Morgan fingerprint density at radius 1 is 1.03 bits per heavy atom. The lowest BCUT2D eigenvalue weighted by Gasteiger charge is -2.13. The van der Waals surface area contributed by atoms with Gasteiger partial charge in [0.1, 0.15) is 5.75 Å². The Balaban J connectivity index is 1.68. The van der Waals surface area contributed by atoms with Gasteiger partial charge >= 0.3 is 5.97 Å². The van der Waals surface area contributed by atoms with E-state index in [-0.39, 0.29) is 6.61 Å². The van der Waals surface area contributed by atoms with Crippen LogP contribution in [0.4, 0.5) is 5.69 Å². The number of aryl methyl sites for hydroxylation is 2. The Bertz CT molecular complexity index is 1030. The van der Waals surface area contributed by atoms with Crippen LogP contribution in [0.3, 0.4) is 0 Å². The third-order valence-corrected chi connectivity index (χ3v) is 4.55. The van der Waals surface area contributed by atoms with Crippen molar-refractivity contribution in [1.29, 1.82) is 0 Å². The first-order valence-corrected chi connectivity index (χ1v) is 9.61. The second-order valence-electron chi connectivity index (χ2n) is 6.51. The van der Waals surface area contributed by atoms with E-state index in [4.69, 9.17) is 9.47 Å². The number of nitrogens with zero attached hydrogens (tertiary/aromatic N) is 1. The fraction of sp³-hybridized carbons (Fsp3) is 0.261. The van der Waals surface area contributed by atoms with E-state index in [1.54, 1.807) is 24.3 Å². The van der Waals surface area contributed by atoms with Crippen molar-refractivity contribution in [1.82, 2.24) is 4.98 Å². The first-order chi connectivity index (χ1) is 14.0. The molecule has 0 aliphatic heterocycles. The van der Waals surface area contributed by atoms with Crippen LogP contribution in [0.25, 0.3) is 10.9 Å². The van der Waals surface area contributed by atoms with Crippen LogP contribution in [0.5, 0.6) is 5.75 Å². The van der Waals surface area contributed by atoms with E-state index in [0.717, 1.165) is 22.2 Å². The van der Waals surface area contributed by atoms with Crippen LogP contribution in [0.15, 0.2) is 48.5 Å². The van der Waals surface area contributed by atoms with E-state index in [0.29, 0.717) is 30.0 Å². The smallest absolute Gasteiger partial charge is 0.340 e. The third-order valence-electron chi connectivity index (χ3n) is 4.55. The molecule has 0 aliphatic carbocycles. The monoisotopic (exact) mass is 392 g/mol. The summed E-state index contributed by atoms with van der Waals surface area (Å²) in [6.07, 6.45) is 0.592. The molecule has 2 aromatic carbocycles. The van der Waals surface area contributed by atoms with Gasteiger partial charge in [0, 0.05) is 11.1 Å². The summed E-state index contributed by atoms with van der Waals surface area (Å²) in [4.78, 5) is 29.5. The van der Waals surface area contributed by atoms with Crippen molar-refractivity contribution in [2.75, 3.05) is 18.5 Å². The van der Waals surface area contributed by atoms with Gasteiger partial charge in [-0.1, -0.05) is 25.1 Å². The fourth-order valence-electron chi connectivity index (χ4n) is 3.17. The second kappa shape index (κ2) is 9.19. The van der Waals surface area contributed by atoms with Crippen LogP contribution in [0.1, 0.15) is 35.5 Å². The highest BCUT2D eigenvalue weighted by Gasteiger charge is 2.20. The van der Waals surface area contributed by atoms with Crippen molar-refractivity contribution in [3.8, 4) is 5.75 Å². The lowest BCUT2D eigenvalue weighted by atomic mass is 10.0. The predicted octanol–water partition coefficient (Wildman–Crippen LogP) is 4.30. The Labute approximate surface area is 169 Å². The summed E-state index contributed by atoms with van der Waals surface area (Å²) in [6.45, 7) is 5.92. The van der Waals surface area contributed by atoms with Crippen LogP contribution >= 0.6 is 0 Å². The van der Waals surface area contributed by atoms with Gasteiger partial charge < -0.3 is 14.8 Å². The zero-order chi connectivity index (χ0) is 20.8. The SMILES string of the molecule is CCOc1ccc(NC(=O)COC(=O)c2c(CC)nc3ccccc3c2C)cc1. The molecule has 0 saturated heterocycles. The predicted molar refractivity (Wildman–Crippen MR) is 112 cm³/mol. The summed E-state index contributed by atoms with van der Waals surface area (Å²) >= 11 is 0. The molecule has 0 aliphatic rings. The molecule has 1 heterocycles. The van der Waals surface area contributed by atoms with Gasteiger partial charge in [-0.2, -0.15) is 0 Å². The number of aromatic nitrogens is 1. The molecule has 0 saturated carbocycles. The lowest BCUT2D eigenvalue weighted by molar-refractivity contribution is -0.119. The van der Waals surface area contributed by atoms with Crippen LogP contribution in [-0.2, 0) is 16.0 Å². The summed E-state index contributed by atoms with van der Waals surface area (Å²) in [5.74, 6) is -0.227. The highest BCUT2D eigenvalue weighted by atomic mass is 16.5. The summed E-state index contributed by atoms with van der Waals surface area (Å²) in [5.41, 5.74) is 3.35. The van der Waals surface area contributed by atoms with Crippen LogP contribution in [0, 0.1) is 6.92 Å². The minimum absolute atomic E-state index is 0.374. The topological polar surface area (TPSA) is 77.5 Å². The summed E-state index contributed by atoms with van der Waals surface area (Å²) in [5, 5.41) is 3.60. The van der Waals surface area contributed by atoms with E-state index in [1.165, 1.54) is 0 Å². The normalized spacial score (nSPS) is 10.6. The molecular formula is C23H24N2O4. The molecule has 29 heavy (non-hydrogen) atoms. The number of pyridine rings is 1. The first kappa shape index (κ1) is 20.3. The maximum Gasteiger partial charge on any atom is 0.340 e. The van der Waals surface area contributed by atoms with E-state index < -0.39 is 11.9 Å². The summed E-state index contributed by atoms with van der Waals surface area (Å²) < 4.78 is 10.7. The molecule has 0 atom stereocenters. The molecule has 0 spiro atoms. The van der Waals surface area contributed by atoms with E-state index in [1.807, 2.05) is 45.0 Å². The van der Waals surface area contributed by atoms with Crippen molar-refractivity contribution in [3.05, 3.63) is 65.4 Å². The number of fused-ring (bicyclic) bond motifs is 1. The molecule has 0 radical (unpaired) electrons. The highest BCUT2D eigenvalue weighted by Crippen LogP contribution is 2.24. The molecule has 150 valence electrons. The van der Waals surface area contributed by atoms with E-state index in [2.05, 4.69) is 10.3 Å². The van der Waals surface area contributed by atoms with Crippen molar-refractivity contribution in [2.45, 2.75) is 27.2 Å². The number of anilines is 1. The number of carbonyl (C=O) groups is 2. The zero-order valence-electron chi connectivity index (χ0n) is 16.8. The van der Waals surface area contributed by atoms with Crippen molar-refractivity contribution < 1.29 is 19.1 Å². The molecule has 3 aromatic rings.